The van der Waals surface area contributed by atoms with Crippen molar-refractivity contribution in [1.82, 2.24) is 10.2 Å². The minimum absolute atomic E-state index is 0.0616. The highest BCUT2D eigenvalue weighted by Crippen LogP contribution is 2.12. The lowest BCUT2D eigenvalue weighted by molar-refractivity contribution is -0.129. The van der Waals surface area contributed by atoms with E-state index in [4.69, 9.17) is 0 Å². The summed E-state index contributed by atoms with van der Waals surface area (Å²) in [5.41, 5.74) is 0. The van der Waals surface area contributed by atoms with Gasteiger partial charge in [0.25, 0.3) is 0 Å². The molecule has 1 fully saturated rings. The zero-order valence-corrected chi connectivity index (χ0v) is 8.13. The zero-order chi connectivity index (χ0) is 9.14. The van der Waals surface area contributed by atoms with Gasteiger partial charge in [-0.2, -0.15) is 0 Å². The normalized spacial score (nSPS) is 29.9. The van der Waals surface area contributed by atoms with Gasteiger partial charge in [-0.05, 0) is 19.8 Å². The van der Waals surface area contributed by atoms with Crippen molar-refractivity contribution in [3.05, 3.63) is 0 Å². The highest BCUT2D eigenvalue weighted by molar-refractivity contribution is 5.84. The second-order valence-electron chi connectivity index (χ2n) is 3.34. The molecule has 1 saturated heterocycles. The Morgan fingerprint density at radius 2 is 2.17 bits per heavy atom. The van der Waals surface area contributed by atoms with Crippen LogP contribution in [0.15, 0.2) is 0 Å². The Labute approximate surface area is 74.1 Å². The molecule has 3 nitrogen and oxygen atoms in total. The third kappa shape index (κ3) is 1.61. The predicted molar refractivity (Wildman–Crippen MR) is 48.7 cm³/mol. The van der Waals surface area contributed by atoms with Gasteiger partial charge in [0.05, 0.1) is 12.2 Å². The molecule has 70 valence electrons. The minimum atomic E-state index is 0.0616. The molecule has 1 aliphatic rings. The number of carbonyl (C=O) groups is 1. The molecule has 2 unspecified atom stereocenters. The summed E-state index contributed by atoms with van der Waals surface area (Å²) < 4.78 is 0. The van der Waals surface area contributed by atoms with Crippen molar-refractivity contribution in [3.8, 4) is 0 Å². The van der Waals surface area contributed by atoms with Crippen molar-refractivity contribution < 1.29 is 4.79 Å². The standard InChI is InChI=1S/C9H18N2O/c1-4-6-11-7(3)10-8(5-2)9(11)12/h7-8,10H,4-6H2,1-3H3. The van der Waals surface area contributed by atoms with Gasteiger partial charge in [0.15, 0.2) is 0 Å². The molecule has 0 aromatic rings. The van der Waals surface area contributed by atoms with Crippen molar-refractivity contribution in [1.29, 1.82) is 0 Å². The van der Waals surface area contributed by atoms with Crippen LogP contribution in [0.5, 0.6) is 0 Å². The molecule has 0 spiro atoms. The number of nitrogens with one attached hydrogen (secondary N) is 1. The first-order chi connectivity index (χ1) is 5.70. The van der Waals surface area contributed by atoms with Gasteiger partial charge in [-0.25, -0.2) is 0 Å². The average molecular weight is 170 g/mol. The van der Waals surface area contributed by atoms with E-state index < -0.39 is 0 Å². The number of hydrogen-bond donors (Lipinski definition) is 1. The maximum atomic E-state index is 11.6. The molecular weight excluding hydrogens is 152 g/mol. The fourth-order valence-electron chi connectivity index (χ4n) is 1.68. The Kier molecular flexibility index (Phi) is 3.09. The lowest BCUT2D eigenvalue weighted by Crippen LogP contribution is -2.35. The average Bonchev–Trinajstić information content (AvgIpc) is 2.32. The van der Waals surface area contributed by atoms with Crippen LogP contribution >= 0.6 is 0 Å². The van der Waals surface area contributed by atoms with Crippen LogP contribution in [0.3, 0.4) is 0 Å². The van der Waals surface area contributed by atoms with Crippen LogP contribution < -0.4 is 5.32 Å². The van der Waals surface area contributed by atoms with Crippen LogP contribution in [-0.4, -0.2) is 29.6 Å². The van der Waals surface area contributed by atoms with Crippen molar-refractivity contribution in [2.75, 3.05) is 6.54 Å². The summed E-state index contributed by atoms with van der Waals surface area (Å²) in [6, 6.07) is 0.0616. The Hall–Kier alpha value is -0.570. The Bertz CT molecular complexity index is 170. The first-order valence-electron chi connectivity index (χ1n) is 4.77. The van der Waals surface area contributed by atoms with Crippen molar-refractivity contribution >= 4 is 5.91 Å². The molecule has 3 heteroatoms. The second kappa shape index (κ2) is 3.90. The largest absolute Gasteiger partial charge is 0.326 e. The van der Waals surface area contributed by atoms with Crippen LogP contribution in [0.1, 0.15) is 33.6 Å². The van der Waals surface area contributed by atoms with Crippen molar-refractivity contribution in [2.45, 2.75) is 45.8 Å². The monoisotopic (exact) mass is 170 g/mol. The maximum absolute atomic E-state index is 11.6. The molecule has 0 saturated carbocycles. The topological polar surface area (TPSA) is 32.3 Å². The molecule has 0 aromatic heterocycles. The van der Waals surface area contributed by atoms with E-state index in [-0.39, 0.29) is 18.1 Å². The molecule has 1 aliphatic heterocycles. The van der Waals surface area contributed by atoms with Gasteiger partial charge in [0.1, 0.15) is 0 Å². The van der Waals surface area contributed by atoms with Gasteiger partial charge in [-0.1, -0.05) is 13.8 Å². The zero-order valence-electron chi connectivity index (χ0n) is 8.13. The molecule has 0 bridgehead atoms. The van der Waals surface area contributed by atoms with Crippen LogP contribution in [-0.2, 0) is 4.79 Å². The highest BCUT2D eigenvalue weighted by Gasteiger charge is 2.33. The first kappa shape index (κ1) is 9.52. The van der Waals surface area contributed by atoms with E-state index in [9.17, 15) is 4.79 Å². The fourth-order valence-corrected chi connectivity index (χ4v) is 1.68. The van der Waals surface area contributed by atoms with Gasteiger partial charge in [-0.3, -0.25) is 10.1 Å². The summed E-state index contributed by atoms with van der Waals surface area (Å²) in [6.45, 7) is 7.06. The van der Waals surface area contributed by atoms with E-state index in [0.29, 0.717) is 0 Å². The van der Waals surface area contributed by atoms with Crippen molar-refractivity contribution in [3.63, 3.8) is 0 Å². The van der Waals surface area contributed by atoms with Gasteiger partial charge in [0, 0.05) is 6.54 Å². The second-order valence-corrected chi connectivity index (χ2v) is 3.34. The number of carbonyl (C=O) groups excluding carboxylic acids is 1. The minimum Gasteiger partial charge on any atom is -0.326 e. The van der Waals surface area contributed by atoms with Crippen LogP contribution in [0.4, 0.5) is 0 Å². The smallest absolute Gasteiger partial charge is 0.240 e. The van der Waals surface area contributed by atoms with E-state index in [1.54, 1.807) is 0 Å². The molecule has 1 rings (SSSR count). The third-order valence-electron chi connectivity index (χ3n) is 2.36. The molecule has 2 atom stereocenters. The van der Waals surface area contributed by atoms with E-state index >= 15 is 0 Å². The van der Waals surface area contributed by atoms with Gasteiger partial charge >= 0.3 is 0 Å². The Morgan fingerprint density at radius 1 is 1.50 bits per heavy atom. The third-order valence-corrected chi connectivity index (χ3v) is 2.36. The lowest BCUT2D eigenvalue weighted by atomic mass is 10.2. The van der Waals surface area contributed by atoms with E-state index in [2.05, 4.69) is 12.2 Å². The highest BCUT2D eigenvalue weighted by atomic mass is 16.2. The summed E-state index contributed by atoms with van der Waals surface area (Å²) in [5.74, 6) is 0.270. The fraction of sp³-hybridized carbons (Fsp3) is 0.889. The van der Waals surface area contributed by atoms with E-state index in [1.807, 2.05) is 18.7 Å². The van der Waals surface area contributed by atoms with E-state index in [1.165, 1.54) is 0 Å². The summed E-state index contributed by atoms with van der Waals surface area (Å²) in [5, 5.41) is 3.26. The number of rotatable bonds is 3. The van der Waals surface area contributed by atoms with Gasteiger partial charge in [0.2, 0.25) is 5.91 Å². The van der Waals surface area contributed by atoms with Gasteiger partial charge < -0.3 is 4.90 Å². The summed E-state index contributed by atoms with van der Waals surface area (Å²) in [6.07, 6.45) is 2.15. The lowest BCUT2D eigenvalue weighted by Gasteiger charge is -2.19. The molecule has 12 heavy (non-hydrogen) atoms. The molecule has 0 radical (unpaired) electrons. The number of nitrogens with zero attached hydrogens (tertiary/aromatic N) is 1. The number of hydrogen-bond acceptors (Lipinski definition) is 2. The maximum Gasteiger partial charge on any atom is 0.240 e. The molecule has 1 heterocycles. The van der Waals surface area contributed by atoms with Gasteiger partial charge in [-0.15, -0.1) is 0 Å². The Balaban J connectivity index is 2.57. The van der Waals surface area contributed by atoms with E-state index in [0.717, 1.165) is 19.4 Å². The molecule has 1 N–H and O–H groups in total. The molecule has 0 aliphatic carbocycles. The Morgan fingerprint density at radius 3 is 2.58 bits per heavy atom. The first-order valence-corrected chi connectivity index (χ1v) is 4.77. The summed E-state index contributed by atoms with van der Waals surface area (Å²) in [7, 11) is 0. The predicted octanol–water partition coefficient (Wildman–Crippen LogP) is 0.953. The molecule has 1 amide bonds. The number of amides is 1. The molecule has 0 aromatic carbocycles. The summed E-state index contributed by atoms with van der Waals surface area (Å²) >= 11 is 0. The van der Waals surface area contributed by atoms with Crippen LogP contribution in [0.2, 0.25) is 0 Å². The summed E-state index contributed by atoms with van der Waals surface area (Å²) in [4.78, 5) is 13.5. The molecular formula is C9H18N2O. The van der Waals surface area contributed by atoms with Crippen molar-refractivity contribution in [2.24, 2.45) is 0 Å². The SMILES string of the molecule is CCCN1C(=O)C(CC)NC1C. The van der Waals surface area contributed by atoms with Crippen LogP contribution in [0.25, 0.3) is 0 Å². The van der Waals surface area contributed by atoms with Crippen LogP contribution in [0, 0.1) is 0 Å². The quantitative estimate of drug-likeness (QED) is 0.684.